The minimum Gasteiger partial charge on any atom is -0.326 e. The fourth-order valence-corrected chi connectivity index (χ4v) is 3.16. The number of aryl methyl sites for hydroxylation is 1. The van der Waals surface area contributed by atoms with Crippen molar-refractivity contribution in [2.45, 2.75) is 44.9 Å². The summed E-state index contributed by atoms with van der Waals surface area (Å²) in [6.07, 6.45) is 12.0. The molecular weight excluding hydrogens is 234 g/mol. The number of nitrogens with one attached hydrogen (secondary N) is 1. The average Bonchev–Trinajstić information content (AvgIpc) is 2.48. The van der Waals surface area contributed by atoms with Crippen LogP contribution in [-0.2, 0) is 17.6 Å². The summed E-state index contributed by atoms with van der Waals surface area (Å²) < 4.78 is 0. The lowest BCUT2D eigenvalue weighted by atomic mass is 9.89. The largest absolute Gasteiger partial charge is 0.326 e. The van der Waals surface area contributed by atoms with Crippen molar-refractivity contribution in [2.75, 3.05) is 5.32 Å². The smallest absolute Gasteiger partial charge is 0.227 e. The highest BCUT2D eigenvalue weighted by molar-refractivity contribution is 5.93. The van der Waals surface area contributed by atoms with Crippen LogP contribution in [-0.4, -0.2) is 5.91 Å². The maximum Gasteiger partial charge on any atom is 0.227 e. The fraction of sp³-hybridized carbons (Fsp3) is 0.471. The van der Waals surface area contributed by atoms with Crippen molar-refractivity contribution in [3.05, 3.63) is 41.5 Å². The molecule has 3 rings (SSSR count). The average molecular weight is 255 g/mol. The van der Waals surface area contributed by atoms with Crippen LogP contribution in [0.25, 0.3) is 0 Å². The maximum absolute atomic E-state index is 12.3. The number of amides is 1. The fourth-order valence-electron chi connectivity index (χ4n) is 3.16. The summed E-state index contributed by atoms with van der Waals surface area (Å²) in [7, 11) is 0. The van der Waals surface area contributed by atoms with Gasteiger partial charge in [0.2, 0.25) is 5.91 Å². The minimum absolute atomic E-state index is 0.157. The van der Waals surface area contributed by atoms with Crippen LogP contribution in [0.4, 0.5) is 5.69 Å². The quantitative estimate of drug-likeness (QED) is 0.799. The van der Waals surface area contributed by atoms with Crippen LogP contribution in [0.15, 0.2) is 30.4 Å². The van der Waals surface area contributed by atoms with Gasteiger partial charge in [-0.15, -0.1) is 0 Å². The minimum atomic E-state index is 0.157. The van der Waals surface area contributed by atoms with E-state index in [-0.39, 0.29) is 11.8 Å². The van der Waals surface area contributed by atoms with Crippen molar-refractivity contribution in [1.29, 1.82) is 0 Å². The van der Waals surface area contributed by atoms with Crippen LogP contribution in [0, 0.1) is 5.92 Å². The molecule has 0 bridgehead atoms. The Hall–Kier alpha value is -1.57. The Kier molecular flexibility index (Phi) is 3.67. The van der Waals surface area contributed by atoms with Crippen LogP contribution in [0.5, 0.6) is 0 Å². The third-order valence-corrected chi connectivity index (χ3v) is 4.29. The molecule has 0 aliphatic heterocycles. The number of fused-ring (bicyclic) bond motifs is 1. The van der Waals surface area contributed by atoms with Crippen LogP contribution >= 0.6 is 0 Å². The first kappa shape index (κ1) is 12.5. The van der Waals surface area contributed by atoms with Gasteiger partial charge in [-0.1, -0.05) is 24.3 Å². The Morgan fingerprint density at radius 2 is 2.05 bits per heavy atom. The molecule has 1 N–H and O–H groups in total. The van der Waals surface area contributed by atoms with E-state index in [9.17, 15) is 4.79 Å². The van der Waals surface area contributed by atoms with Gasteiger partial charge < -0.3 is 5.32 Å². The van der Waals surface area contributed by atoms with Crippen molar-refractivity contribution in [3.63, 3.8) is 0 Å². The van der Waals surface area contributed by atoms with Crippen molar-refractivity contribution >= 4 is 11.6 Å². The van der Waals surface area contributed by atoms with Crippen molar-refractivity contribution < 1.29 is 4.79 Å². The van der Waals surface area contributed by atoms with Crippen LogP contribution in [0.3, 0.4) is 0 Å². The third-order valence-electron chi connectivity index (χ3n) is 4.29. The molecule has 19 heavy (non-hydrogen) atoms. The van der Waals surface area contributed by atoms with Gasteiger partial charge in [0.25, 0.3) is 0 Å². The van der Waals surface area contributed by atoms with E-state index >= 15 is 0 Å². The summed E-state index contributed by atoms with van der Waals surface area (Å²) in [5, 5.41) is 3.17. The lowest BCUT2D eigenvalue weighted by Crippen LogP contribution is -2.24. The molecule has 0 spiro atoms. The predicted octanol–water partition coefficient (Wildman–Crippen LogP) is 3.86. The predicted molar refractivity (Wildman–Crippen MR) is 78.2 cm³/mol. The number of allylic oxidation sites excluding steroid dienone is 2. The monoisotopic (exact) mass is 255 g/mol. The zero-order valence-electron chi connectivity index (χ0n) is 11.3. The molecule has 2 aliphatic carbocycles. The molecule has 1 aromatic carbocycles. The number of carbonyl (C=O) groups is 1. The Bertz CT molecular complexity index is 504. The Labute approximate surface area is 114 Å². The number of carbonyl (C=O) groups excluding carboxylic acids is 1. The summed E-state index contributed by atoms with van der Waals surface area (Å²) in [5.41, 5.74) is 3.85. The second-order valence-corrected chi connectivity index (χ2v) is 5.62. The van der Waals surface area contributed by atoms with Gasteiger partial charge in [-0.25, -0.2) is 0 Å². The molecule has 2 heteroatoms. The molecule has 0 fully saturated rings. The number of anilines is 1. The van der Waals surface area contributed by atoms with Gasteiger partial charge in [0, 0.05) is 11.6 Å². The second kappa shape index (κ2) is 5.60. The molecule has 2 aliphatic rings. The highest BCUT2D eigenvalue weighted by Gasteiger charge is 2.20. The highest BCUT2D eigenvalue weighted by atomic mass is 16.1. The molecule has 0 radical (unpaired) electrons. The first-order valence-electron chi connectivity index (χ1n) is 7.41. The van der Waals surface area contributed by atoms with Gasteiger partial charge in [0.05, 0.1) is 0 Å². The topological polar surface area (TPSA) is 29.1 Å². The van der Waals surface area contributed by atoms with Crippen molar-refractivity contribution in [3.8, 4) is 0 Å². The molecule has 0 saturated heterocycles. The Morgan fingerprint density at radius 1 is 1.16 bits per heavy atom. The van der Waals surface area contributed by atoms with Gasteiger partial charge in [-0.05, 0) is 62.1 Å². The number of hydrogen-bond acceptors (Lipinski definition) is 1. The first-order valence-corrected chi connectivity index (χ1v) is 7.41. The summed E-state index contributed by atoms with van der Waals surface area (Å²) in [4.78, 5) is 12.3. The molecule has 1 aromatic rings. The molecular formula is C17H21NO. The molecule has 2 nitrogen and oxygen atoms in total. The van der Waals surface area contributed by atoms with Crippen molar-refractivity contribution in [2.24, 2.45) is 5.92 Å². The standard InChI is InChI=1S/C17H21NO/c19-17(14-8-2-1-3-9-14)18-16-12-6-10-13-7-4-5-11-15(13)16/h1-2,6,10,12,14H,3-5,7-9,11H2,(H,18,19). The molecule has 1 amide bonds. The summed E-state index contributed by atoms with van der Waals surface area (Å²) in [5.74, 6) is 0.354. The molecule has 1 unspecified atom stereocenters. The Morgan fingerprint density at radius 3 is 2.89 bits per heavy atom. The first-order chi connectivity index (χ1) is 9.34. The molecule has 0 saturated carbocycles. The van der Waals surface area contributed by atoms with E-state index < -0.39 is 0 Å². The van der Waals surface area contributed by atoms with E-state index in [1.807, 2.05) is 0 Å². The van der Waals surface area contributed by atoms with Crippen LogP contribution < -0.4 is 5.32 Å². The van der Waals surface area contributed by atoms with E-state index in [1.165, 1.54) is 24.0 Å². The molecule has 100 valence electrons. The number of benzene rings is 1. The van der Waals surface area contributed by atoms with Gasteiger partial charge in [-0.2, -0.15) is 0 Å². The number of rotatable bonds is 2. The lowest BCUT2D eigenvalue weighted by molar-refractivity contribution is -0.120. The van der Waals surface area contributed by atoms with Gasteiger partial charge in [0.15, 0.2) is 0 Å². The SMILES string of the molecule is O=C(Nc1cccc2c1CCCC2)C1CC=CCC1. The van der Waals surface area contributed by atoms with Gasteiger partial charge >= 0.3 is 0 Å². The Balaban J connectivity index is 1.76. The van der Waals surface area contributed by atoms with Crippen LogP contribution in [0.1, 0.15) is 43.2 Å². The van der Waals surface area contributed by atoms with E-state index in [2.05, 4.69) is 35.7 Å². The second-order valence-electron chi connectivity index (χ2n) is 5.62. The summed E-state index contributed by atoms with van der Waals surface area (Å²) in [6.45, 7) is 0. The molecule has 1 atom stereocenters. The van der Waals surface area contributed by atoms with E-state index in [0.717, 1.165) is 37.8 Å². The van der Waals surface area contributed by atoms with E-state index in [1.54, 1.807) is 0 Å². The maximum atomic E-state index is 12.3. The van der Waals surface area contributed by atoms with E-state index in [0.29, 0.717) is 0 Å². The molecule has 0 heterocycles. The van der Waals surface area contributed by atoms with Gasteiger partial charge in [-0.3, -0.25) is 4.79 Å². The number of hydrogen-bond donors (Lipinski definition) is 1. The van der Waals surface area contributed by atoms with Crippen molar-refractivity contribution in [1.82, 2.24) is 0 Å². The zero-order chi connectivity index (χ0) is 13.1. The van der Waals surface area contributed by atoms with E-state index in [4.69, 9.17) is 0 Å². The normalized spacial score (nSPS) is 21.8. The van der Waals surface area contributed by atoms with Gasteiger partial charge in [0.1, 0.15) is 0 Å². The highest BCUT2D eigenvalue weighted by Crippen LogP contribution is 2.29. The summed E-state index contributed by atoms with van der Waals surface area (Å²) in [6, 6.07) is 6.33. The lowest BCUT2D eigenvalue weighted by Gasteiger charge is -2.22. The summed E-state index contributed by atoms with van der Waals surface area (Å²) >= 11 is 0. The zero-order valence-corrected chi connectivity index (χ0v) is 11.3. The van der Waals surface area contributed by atoms with Crippen LogP contribution in [0.2, 0.25) is 0 Å². The third kappa shape index (κ3) is 2.73. The molecule has 0 aromatic heterocycles.